The number of halogens is 1. The Labute approximate surface area is 99.0 Å². The number of hydrogen-bond donors (Lipinski definition) is 1. The van der Waals surface area contributed by atoms with E-state index in [0.717, 1.165) is 13.1 Å². The number of aliphatic hydroxyl groups is 1. The van der Waals surface area contributed by atoms with E-state index >= 15 is 0 Å². The Morgan fingerprint density at radius 1 is 1.44 bits per heavy atom. The lowest BCUT2D eigenvalue weighted by atomic mass is 10.2. The highest BCUT2D eigenvalue weighted by molar-refractivity contribution is 6.30. The van der Waals surface area contributed by atoms with Gasteiger partial charge in [0.25, 0.3) is 0 Å². The average molecular weight is 244 g/mol. The quantitative estimate of drug-likeness (QED) is 0.786. The summed E-state index contributed by atoms with van der Waals surface area (Å²) in [5.41, 5.74) is 0.589. The first-order valence-corrected chi connectivity index (χ1v) is 5.59. The van der Waals surface area contributed by atoms with Crippen LogP contribution in [0, 0.1) is 0 Å². The van der Waals surface area contributed by atoms with Crippen LogP contribution >= 0.6 is 11.6 Å². The van der Waals surface area contributed by atoms with E-state index in [1.807, 2.05) is 0 Å². The molecule has 5 nitrogen and oxygen atoms in total. The number of anilines is 1. The third-order valence-electron chi connectivity index (χ3n) is 2.54. The monoisotopic (exact) mass is 243 g/mol. The second-order valence-electron chi connectivity index (χ2n) is 3.68. The topological polar surface area (TPSA) is 58.5 Å². The van der Waals surface area contributed by atoms with Crippen molar-refractivity contribution in [2.75, 3.05) is 31.2 Å². The van der Waals surface area contributed by atoms with Gasteiger partial charge in [0, 0.05) is 13.1 Å². The Bertz CT molecular complexity index is 367. The minimum Gasteiger partial charge on any atom is -0.388 e. The smallest absolute Gasteiger partial charge is 0.140 e. The molecular weight excluding hydrogens is 230 g/mol. The summed E-state index contributed by atoms with van der Waals surface area (Å²) in [6.07, 6.45) is 0.741. The lowest BCUT2D eigenvalue weighted by molar-refractivity contribution is 0.121. The molecule has 1 aliphatic rings. The minimum absolute atomic E-state index is 0.312. The summed E-state index contributed by atoms with van der Waals surface area (Å²) < 4.78 is 5.27. The van der Waals surface area contributed by atoms with Crippen LogP contribution in [0.1, 0.15) is 18.6 Å². The Morgan fingerprint density at radius 2 is 2.12 bits per heavy atom. The number of nitrogens with zero attached hydrogens (tertiary/aromatic N) is 3. The van der Waals surface area contributed by atoms with Crippen molar-refractivity contribution in [2.24, 2.45) is 0 Å². The van der Waals surface area contributed by atoms with Gasteiger partial charge >= 0.3 is 0 Å². The Kier molecular flexibility index (Phi) is 3.58. The summed E-state index contributed by atoms with van der Waals surface area (Å²) in [6.45, 7) is 4.51. The lowest BCUT2D eigenvalue weighted by Crippen LogP contribution is -2.37. The number of aromatic nitrogens is 2. The summed E-state index contributed by atoms with van der Waals surface area (Å²) in [4.78, 5) is 10.1. The van der Waals surface area contributed by atoms with Crippen molar-refractivity contribution in [3.63, 3.8) is 0 Å². The lowest BCUT2D eigenvalue weighted by Gasteiger charge is -2.29. The van der Waals surface area contributed by atoms with E-state index in [9.17, 15) is 5.11 Å². The van der Waals surface area contributed by atoms with E-state index in [2.05, 4.69) is 14.9 Å². The molecule has 16 heavy (non-hydrogen) atoms. The van der Waals surface area contributed by atoms with E-state index in [0.29, 0.717) is 29.7 Å². The van der Waals surface area contributed by atoms with E-state index in [1.54, 1.807) is 6.92 Å². The number of rotatable bonds is 2. The molecule has 0 saturated carbocycles. The van der Waals surface area contributed by atoms with Gasteiger partial charge in [0.2, 0.25) is 0 Å². The third kappa shape index (κ3) is 2.26. The largest absolute Gasteiger partial charge is 0.388 e. The molecule has 0 radical (unpaired) electrons. The van der Waals surface area contributed by atoms with Crippen molar-refractivity contribution in [1.82, 2.24) is 9.97 Å². The van der Waals surface area contributed by atoms with E-state index in [1.165, 1.54) is 6.33 Å². The van der Waals surface area contributed by atoms with Crippen molar-refractivity contribution in [2.45, 2.75) is 13.0 Å². The Balaban J connectivity index is 2.34. The van der Waals surface area contributed by atoms with Crippen LogP contribution in [0.2, 0.25) is 5.15 Å². The molecule has 2 rings (SSSR count). The van der Waals surface area contributed by atoms with Gasteiger partial charge in [0.1, 0.15) is 17.3 Å². The molecule has 1 N–H and O–H groups in total. The first-order chi connectivity index (χ1) is 7.70. The van der Waals surface area contributed by atoms with Gasteiger partial charge in [-0.25, -0.2) is 9.97 Å². The van der Waals surface area contributed by atoms with Crippen LogP contribution in [-0.2, 0) is 4.74 Å². The molecule has 6 heteroatoms. The predicted molar refractivity (Wildman–Crippen MR) is 60.7 cm³/mol. The number of aliphatic hydroxyl groups excluding tert-OH is 1. The van der Waals surface area contributed by atoms with Crippen LogP contribution in [0.3, 0.4) is 0 Å². The van der Waals surface area contributed by atoms with E-state index in [-0.39, 0.29) is 0 Å². The molecule has 0 bridgehead atoms. The normalized spacial score (nSPS) is 18.6. The van der Waals surface area contributed by atoms with Crippen molar-refractivity contribution < 1.29 is 9.84 Å². The molecular formula is C10H14ClN3O2. The SMILES string of the molecule is CC(O)c1c(Cl)ncnc1N1CCOCC1. The van der Waals surface area contributed by atoms with Gasteiger partial charge in [-0.2, -0.15) is 0 Å². The van der Waals surface area contributed by atoms with Gasteiger partial charge in [0.15, 0.2) is 0 Å². The van der Waals surface area contributed by atoms with Gasteiger partial charge in [-0.15, -0.1) is 0 Å². The molecule has 0 aliphatic carbocycles. The summed E-state index contributed by atoms with van der Waals surface area (Å²) in [6, 6.07) is 0. The molecule has 1 atom stereocenters. The maximum Gasteiger partial charge on any atom is 0.140 e. The van der Waals surface area contributed by atoms with Crippen LogP contribution < -0.4 is 4.90 Å². The highest BCUT2D eigenvalue weighted by atomic mass is 35.5. The zero-order valence-electron chi connectivity index (χ0n) is 9.06. The molecule has 1 aliphatic heterocycles. The van der Waals surface area contributed by atoms with E-state index in [4.69, 9.17) is 16.3 Å². The van der Waals surface area contributed by atoms with Crippen LogP contribution in [0.25, 0.3) is 0 Å². The number of ether oxygens (including phenoxy) is 1. The van der Waals surface area contributed by atoms with Crippen LogP contribution in [0.15, 0.2) is 6.33 Å². The molecule has 2 heterocycles. The fourth-order valence-corrected chi connectivity index (χ4v) is 2.04. The van der Waals surface area contributed by atoms with Crippen molar-refractivity contribution in [3.8, 4) is 0 Å². The Hall–Kier alpha value is -0.910. The maximum atomic E-state index is 9.69. The van der Waals surface area contributed by atoms with E-state index < -0.39 is 6.10 Å². The molecule has 1 aromatic rings. The van der Waals surface area contributed by atoms with Gasteiger partial charge in [0.05, 0.1) is 24.9 Å². The van der Waals surface area contributed by atoms with Crippen molar-refractivity contribution >= 4 is 17.4 Å². The maximum absolute atomic E-state index is 9.69. The summed E-state index contributed by atoms with van der Waals surface area (Å²) >= 11 is 5.97. The van der Waals surface area contributed by atoms with Crippen molar-refractivity contribution in [1.29, 1.82) is 0 Å². The molecule has 1 fully saturated rings. The summed E-state index contributed by atoms with van der Waals surface area (Å²) in [7, 11) is 0. The van der Waals surface area contributed by atoms with Gasteiger partial charge < -0.3 is 14.7 Å². The first kappa shape index (κ1) is 11.6. The minimum atomic E-state index is -0.674. The zero-order valence-corrected chi connectivity index (χ0v) is 9.81. The fraction of sp³-hybridized carbons (Fsp3) is 0.600. The van der Waals surface area contributed by atoms with Crippen LogP contribution in [-0.4, -0.2) is 41.4 Å². The highest BCUT2D eigenvalue weighted by Crippen LogP contribution is 2.29. The molecule has 1 unspecified atom stereocenters. The molecule has 0 spiro atoms. The summed E-state index contributed by atoms with van der Waals surface area (Å²) in [5, 5.41) is 10.0. The molecule has 1 aromatic heterocycles. The Morgan fingerprint density at radius 3 is 2.75 bits per heavy atom. The standard InChI is InChI=1S/C10H14ClN3O2/c1-7(15)8-9(11)12-6-13-10(8)14-2-4-16-5-3-14/h6-7,15H,2-5H2,1H3. The van der Waals surface area contributed by atoms with Crippen molar-refractivity contribution in [3.05, 3.63) is 17.0 Å². The van der Waals surface area contributed by atoms with Gasteiger partial charge in [-0.1, -0.05) is 11.6 Å². The molecule has 0 amide bonds. The average Bonchev–Trinajstić information content (AvgIpc) is 2.29. The highest BCUT2D eigenvalue weighted by Gasteiger charge is 2.21. The van der Waals surface area contributed by atoms with Crippen LogP contribution in [0.4, 0.5) is 5.82 Å². The fourth-order valence-electron chi connectivity index (χ4n) is 1.75. The molecule has 1 saturated heterocycles. The number of hydrogen-bond acceptors (Lipinski definition) is 5. The molecule has 88 valence electrons. The van der Waals surface area contributed by atoms with Gasteiger partial charge in [-0.05, 0) is 6.92 Å². The first-order valence-electron chi connectivity index (χ1n) is 5.21. The predicted octanol–water partition coefficient (Wildman–Crippen LogP) is 1.02. The van der Waals surface area contributed by atoms with Gasteiger partial charge in [-0.3, -0.25) is 0 Å². The number of morpholine rings is 1. The second kappa shape index (κ2) is 4.95. The zero-order chi connectivity index (χ0) is 11.5. The molecule has 0 aromatic carbocycles. The van der Waals surface area contributed by atoms with Crippen LogP contribution in [0.5, 0.6) is 0 Å². The second-order valence-corrected chi connectivity index (χ2v) is 4.04. The summed E-state index contributed by atoms with van der Waals surface area (Å²) in [5.74, 6) is 0.707. The third-order valence-corrected chi connectivity index (χ3v) is 2.84.